The van der Waals surface area contributed by atoms with Crippen LogP contribution in [0.1, 0.15) is 42.6 Å². The van der Waals surface area contributed by atoms with E-state index in [0.29, 0.717) is 0 Å². The Kier molecular flexibility index (Phi) is 5.27. The lowest BCUT2D eigenvalue weighted by atomic mass is 10.0. The molecule has 0 saturated carbocycles. The summed E-state index contributed by atoms with van der Waals surface area (Å²) < 4.78 is 5.49. The van der Waals surface area contributed by atoms with Gasteiger partial charge in [-0.15, -0.1) is 0 Å². The fraction of sp³-hybridized carbons (Fsp3) is 0.333. The van der Waals surface area contributed by atoms with Gasteiger partial charge in [-0.05, 0) is 50.1 Å². The molecule has 112 valence electrons. The molecule has 2 rings (SSSR count). The van der Waals surface area contributed by atoms with Crippen LogP contribution in [0.3, 0.4) is 0 Å². The van der Waals surface area contributed by atoms with Crippen molar-refractivity contribution in [2.75, 3.05) is 7.11 Å². The van der Waals surface area contributed by atoms with E-state index >= 15 is 0 Å². The number of ether oxygens (including phenoxy) is 1. The zero-order valence-electron chi connectivity index (χ0n) is 13.0. The van der Waals surface area contributed by atoms with E-state index in [4.69, 9.17) is 16.3 Å². The number of hydrogen-bond donors (Lipinski definition) is 1. The molecule has 2 atom stereocenters. The van der Waals surface area contributed by atoms with Gasteiger partial charge in [0.1, 0.15) is 5.75 Å². The Balaban J connectivity index is 2.16. The summed E-state index contributed by atoms with van der Waals surface area (Å²) in [5.41, 5.74) is 3.54. The van der Waals surface area contributed by atoms with Crippen molar-refractivity contribution in [3.05, 3.63) is 64.2 Å². The minimum atomic E-state index is 0.189. The second kappa shape index (κ2) is 6.97. The van der Waals surface area contributed by atoms with Gasteiger partial charge in [0, 0.05) is 22.7 Å². The van der Waals surface area contributed by atoms with E-state index in [1.807, 2.05) is 18.2 Å². The third-order valence-corrected chi connectivity index (χ3v) is 3.94. The van der Waals surface area contributed by atoms with Gasteiger partial charge in [0.15, 0.2) is 0 Å². The molecule has 2 aromatic rings. The molecule has 2 nitrogen and oxygen atoms in total. The molecule has 0 saturated heterocycles. The van der Waals surface area contributed by atoms with Crippen molar-refractivity contribution in [3.8, 4) is 5.75 Å². The van der Waals surface area contributed by atoms with E-state index in [-0.39, 0.29) is 12.1 Å². The molecule has 0 heterocycles. The molecule has 0 aromatic heterocycles. The average Bonchev–Trinajstić information content (AvgIpc) is 2.46. The zero-order valence-corrected chi connectivity index (χ0v) is 13.7. The molecule has 3 heteroatoms. The summed E-state index contributed by atoms with van der Waals surface area (Å²) in [4.78, 5) is 0. The van der Waals surface area contributed by atoms with Gasteiger partial charge in [0.2, 0.25) is 0 Å². The number of nitrogens with one attached hydrogen (secondary N) is 1. The normalized spacial score (nSPS) is 13.8. The van der Waals surface area contributed by atoms with E-state index in [9.17, 15) is 0 Å². The van der Waals surface area contributed by atoms with Gasteiger partial charge in [-0.2, -0.15) is 0 Å². The van der Waals surface area contributed by atoms with E-state index in [2.05, 4.69) is 50.4 Å². The van der Waals surface area contributed by atoms with Crippen molar-refractivity contribution in [2.45, 2.75) is 32.9 Å². The summed E-state index contributed by atoms with van der Waals surface area (Å²) >= 11 is 6.06. The first kappa shape index (κ1) is 15.9. The van der Waals surface area contributed by atoms with Crippen molar-refractivity contribution >= 4 is 11.6 Å². The first-order valence-corrected chi connectivity index (χ1v) is 7.55. The van der Waals surface area contributed by atoms with E-state index in [1.165, 1.54) is 11.1 Å². The van der Waals surface area contributed by atoms with Crippen LogP contribution in [0.15, 0.2) is 42.5 Å². The summed E-state index contributed by atoms with van der Waals surface area (Å²) in [5.74, 6) is 0.924. The number of methoxy groups -OCH3 is 1. The maximum Gasteiger partial charge on any atom is 0.123 e. The van der Waals surface area contributed by atoms with Gasteiger partial charge >= 0.3 is 0 Å². The van der Waals surface area contributed by atoms with Crippen LogP contribution in [-0.2, 0) is 0 Å². The Labute approximate surface area is 132 Å². The van der Waals surface area contributed by atoms with E-state index < -0.39 is 0 Å². The van der Waals surface area contributed by atoms with Gasteiger partial charge < -0.3 is 10.1 Å². The Morgan fingerprint density at radius 2 is 1.81 bits per heavy atom. The van der Waals surface area contributed by atoms with Crippen LogP contribution in [0.4, 0.5) is 0 Å². The Morgan fingerprint density at radius 1 is 1.05 bits per heavy atom. The molecule has 0 amide bonds. The monoisotopic (exact) mass is 303 g/mol. The quantitative estimate of drug-likeness (QED) is 0.832. The number of rotatable bonds is 5. The largest absolute Gasteiger partial charge is 0.496 e. The first-order chi connectivity index (χ1) is 10.0. The summed E-state index contributed by atoms with van der Waals surface area (Å²) in [6.07, 6.45) is 0. The molecule has 0 fully saturated rings. The fourth-order valence-corrected chi connectivity index (χ4v) is 2.71. The number of aryl methyl sites for hydroxylation is 1. The molecule has 21 heavy (non-hydrogen) atoms. The van der Waals surface area contributed by atoms with E-state index in [1.54, 1.807) is 7.11 Å². The molecular weight excluding hydrogens is 282 g/mol. The molecule has 0 bridgehead atoms. The minimum absolute atomic E-state index is 0.189. The van der Waals surface area contributed by atoms with Crippen molar-refractivity contribution in [3.63, 3.8) is 0 Å². The highest BCUT2D eigenvalue weighted by atomic mass is 35.5. The van der Waals surface area contributed by atoms with Crippen molar-refractivity contribution in [1.82, 2.24) is 5.32 Å². The van der Waals surface area contributed by atoms with E-state index in [0.717, 1.165) is 16.3 Å². The van der Waals surface area contributed by atoms with Crippen molar-refractivity contribution in [2.24, 2.45) is 0 Å². The number of halogens is 1. The molecular formula is C18H22ClNO. The summed E-state index contributed by atoms with van der Waals surface area (Å²) in [6.45, 7) is 6.36. The van der Waals surface area contributed by atoms with Crippen molar-refractivity contribution in [1.29, 1.82) is 0 Å². The third-order valence-electron chi connectivity index (χ3n) is 3.70. The maximum absolute atomic E-state index is 6.06. The molecule has 0 aliphatic rings. The second-order valence-electron chi connectivity index (χ2n) is 5.41. The smallest absolute Gasteiger partial charge is 0.123 e. The third kappa shape index (κ3) is 3.99. The summed E-state index contributed by atoms with van der Waals surface area (Å²) in [5, 5.41) is 4.36. The Morgan fingerprint density at radius 3 is 2.48 bits per heavy atom. The Hall–Kier alpha value is -1.51. The summed E-state index contributed by atoms with van der Waals surface area (Å²) in [6, 6.07) is 14.7. The highest BCUT2D eigenvalue weighted by Crippen LogP contribution is 2.28. The van der Waals surface area contributed by atoms with Crippen LogP contribution in [0.5, 0.6) is 5.75 Å². The van der Waals surface area contributed by atoms with Gasteiger partial charge in [0.05, 0.1) is 7.11 Å². The van der Waals surface area contributed by atoms with Crippen LogP contribution in [0, 0.1) is 6.92 Å². The van der Waals surface area contributed by atoms with Gasteiger partial charge in [-0.1, -0.05) is 35.9 Å². The fourth-order valence-electron chi connectivity index (χ4n) is 2.51. The van der Waals surface area contributed by atoms with Gasteiger partial charge in [-0.25, -0.2) is 0 Å². The summed E-state index contributed by atoms with van der Waals surface area (Å²) in [7, 11) is 1.71. The van der Waals surface area contributed by atoms with Crippen molar-refractivity contribution < 1.29 is 4.74 Å². The second-order valence-corrected chi connectivity index (χ2v) is 5.85. The molecule has 2 aromatic carbocycles. The van der Waals surface area contributed by atoms with Crippen LogP contribution >= 0.6 is 11.6 Å². The highest BCUT2D eigenvalue weighted by molar-refractivity contribution is 6.30. The van der Waals surface area contributed by atoms with Gasteiger partial charge in [-0.3, -0.25) is 0 Å². The lowest BCUT2D eigenvalue weighted by molar-refractivity contribution is 0.396. The molecule has 0 spiro atoms. The number of benzene rings is 2. The van der Waals surface area contributed by atoms with Gasteiger partial charge in [0.25, 0.3) is 0 Å². The molecule has 0 radical (unpaired) electrons. The Bertz CT molecular complexity index is 612. The number of hydrogen-bond acceptors (Lipinski definition) is 2. The molecule has 0 aliphatic carbocycles. The SMILES string of the molecule is COc1cc(C)ccc1C(C)NC(C)c1cccc(Cl)c1. The van der Waals surface area contributed by atoms with Crippen LogP contribution in [0.2, 0.25) is 5.02 Å². The zero-order chi connectivity index (χ0) is 15.4. The van der Waals surface area contributed by atoms with Crippen LogP contribution in [0.25, 0.3) is 0 Å². The lowest BCUT2D eigenvalue weighted by Gasteiger charge is -2.22. The van der Waals surface area contributed by atoms with Crippen LogP contribution in [-0.4, -0.2) is 7.11 Å². The molecule has 1 N–H and O–H groups in total. The molecule has 0 aliphatic heterocycles. The predicted octanol–water partition coefficient (Wildman–Crippen LogP) is 5.07. The minimum Gasteiger partial charge on any atom is -0.496 e. The standard InChI is InChI=1S/C18H22ClNO/c1-12-8-9-17(18(10-12)21-4)14(3)20-13(2)15-6-5-7-16(19)11-15/h5-11,13-14,20H,1-4H3. The lowest BCUT2D eigenvalue weighted by Crippen LogP contribution is -2.23. The highest BCUT2D eigenvalue weighted by Gasteiger charge is 2.15. The molecule has 2 unspecified atom stereocenters. The predicted molar refractivity (Wildman–Crippen MR) is 89.1 cm³/mol. The first-order valence-electron chi connectivity index (χ1n) is 7.17. The van der Waals surface area contributed by atoms with Crippen LogP contribution < -0.4 is 10.1 Å². The topological polar surface area (TPSA) is 21.3 Å². The maximum atomic E-state index is 6.06. The average molecular weight is 304 g/mol.